The molecule has 0 atom stereocenters. The van der Waals surface area contributed by atoms with Gasteiger partial charge in [-0.2, -0.15) is 0 Å². The Kier molecular flexibility index (Phi) is 4.86. The Balaban J connectivity index is 2.17. The molecule has 0 aliphatic rings. The molecule has 0 unspecified atom stereocenters. The lowest BCUT2D eigenvalue weighted by Gasteiger charge is -2.09. The molecule has 0 fully saturated rings. The fourth-order valence-corrected chi connectivity index (χ4v) is 2.48. The van der Waals surface area contributed by atoms with Crippen LogP contribution in [0.25, 0.3) is 0 Å². The first kappa shape index (κ1) is 15.1. The molecule has 0 bridgehead atoms. The van der Waals surface area contributed by atoms with Crippen molar-refractivity contribution in [3.05, 3.63) is 61.4 Å². The van der Waals surface area contributed by atoms with Crippen molar-refractivity contribution in [2.45, 2.75) is 6.54 Å². The van der Waals surface area contributed by atoms with Gasteiger partial charge in [0.25, 0.3) is 5.56 Å². The summed E-state index contributed by atoms with van der Waals surface area (Å²) in [5.74, 6) is -0.350. The number of hydrogen-bond acceptors (Lipinski definition) is 2. The summed E-state index contributed by atoms with van der Waals surface area (Å²) in [5, 5.41) is 2.97. The first-order valence-electron chi connectivity index (χ1n) is 5.57. The van der Waals surface area contributed by atoms with Crippen LogP contribution in [0.5, 0.6) is 0 Å². The predicted molar refractivity (Wildman–Crippen MR) is 83.5 cm³/mol. The van der Waals surface area contributed by atoms with Gasteiger partial charge in [0.2, 0.25) is 5.91 Å². The van der Waals surface area contributed by atoms with E-state index in [-0.39, 0.29) is 17.5 Å². The molecular weight excluding hydrogens is 367 g/mol. The number of carbonyl (C=O) groups is 1. The van der Waals surface area contributed by atoms with E-state index in [4.69, 9.17) is 23.2 Å². The number of anilines is 1. The van der Waals surface area contributed by atoms with Gasteiger partial charge in [-0.1, -0.05) is 35.3 Å². The third-order valence-corrected chi connectivity index (χ3v) is 3.64. The third-order valence-electron chi connectivity index (χ3n) is 2.47. The van der Waals surface area contributed by atoms with E-state index in [1.54, 1.807) is 18.2 Å². The van der Waals surface area contributed by atoms with Gasteiger partial charge in [0.15, 0.2) is 0 Å². The van der Waals surface area contributed by atoms with Gasteiger partial charge in [-0.15, -0.1) is 0 Å². The number of pyridine rings is 1. The van der Waals surface area contributed by atoms with Gasteiger partial charge in [-0.3, -0.25) is 9.59 Å². The average molecular weight is 376 g/mol. The van der Waals surface area contributed by atoms with Crippen LogP contribution in [-0.2, 0) is 11.3 Å². The summed E-state index contributed by atoms with van der Waals surface area (Å²) in [7, 11) is 0. The highest BCUT2D eigenvalue weighted by atomic mass is 79.9. The van der Waals surface area contributed by atoms with Gasteiger partial charge in [0, 0.05) is 10.7 Å². The van der Waals surface area contributed by atoms with Gasteiger partial charge in [0.05, 0.1) is 10.7 Å². The molecule has 0 saturated carbocycles. The van der Waals surface area contributed by atoms with E-state index in [1.165, 1.54) is 12.3 Å². The Labute approximate surface area is 133 Å². The van der Waals surface area contributed by atoms with Crippen molar-refractivity contribution in [3.8, 4) is 0 Å². The van der Waals surface area contributed by atoms with Gasteiger partial charge in [-0.05, 0) is 34.1 Å². The number of hydrogen-bond donors (Lipinski definition) is 1. The largest absolute Gasteiger partial charge is 0.324 e. The summed E-state index contributed by atoms with van der Waals surface area (Å²) in [6, 6.07) is 8.52. The van der Waals surface area contributed by atoms with Crippen LogP contribution in [0.3, 0.4) is 0 Å². The minimum Gasteiger partial charge on any atom is -0.324 e. The van der Waals surface area contributed by atoms with Crippen LogP contribution >= 0.6 is 39.1 Å². The van der Waals surface area contributed by atoms with Crippen LogP contribution in [0, 0.1) is 0 Å². The maximum atomic E-state index is 11.9. The summed E-state index contributed by atoms with van der Waals surface area (Å²) in [5.41, 5.74) is 0.164. The second-order valence-corrected chi connectivity index (χ2v) is 5.67. The van der Waals surface area contributed by atoms with Gasteiger partial charge in [0.1, 0.15) is 11.6 Å². The highest BCUT2D eigenvalue weighted by Gasteiger charge is 2.09. The zero-order chi connectivity index (χ0) is 14.7. The maximum absolute atomic E-state index is 11.9. The maximum Gasteiger partial charge on any atom is 0.269 e. The minimum absolute atomic E-state index is 0.0220. The molecule has 7 heteroatoms. The molecule has 2 rings (SSSR count). The Morgan fingerprint density at radius 1 is 1.30 bits per heavy atom. The minimum atomic E-state index is -0.460. The van der Waals surface area contributed by atoms with E-state index >= 15 is 0 Å². The second kappa shape index (κ2) is 6.43. The molecule has 1 heterocycles. The van der Waals surface area contributed by atoms with Crippen molar-refractivity contribution >= 4 is 50.7 Å². The van der Waals surface area contributed by atoms with Crippen LogP contribution in [0.1, 0.15) is 0 Å². The molecule has 1 aromatic carbocycles. The monoisotopic (exact) mass is 374 g/mol. The van der Waals surface area contributed by atoms with E-state index in [9.17, 15) is 9.59 Å². The fourth-order valence-electron chi connectivity index (χ4n) is 1.59. The number of benzene rings is 1. The molecule has 104 valence electrons. The molecular formula is C13H9BrCl2N2O2. The molecule has 0 aliphatic carbocycles. The Morgan fingerprint density at radius 3 is 2.70 bits per heavy atom. The summed E-state index contributed by atoms with van der Waals surface area (Å²) in [4.78, 5) is 23.7. The van der Waals surface area contributed by atoms with E-state index < -0.39 is 5.56 Å². The molecule has 1 aromatic heterocycles. The van der Waals surface area contributed by atoms with Gasteiger partial charge < -0.3 is 9.88 Å². The highest BCUT2D eigenvalue weighted by molar-refractivity contribution is 9.10. The number of rotatable bonds is 3. The molecule has 20 heavy (non-hydrogen) atoms. The second-order valence-electron chi connectivity index (χ2n) is 3.97. The molecule has 0 aliphatic heterocycles. The Morgan fingerprint density at radius 2 is 2.00 bits per heavy atom. The molecule has 1 amide bonds. The SMILES string of the molecule is O=C(Cn1cc(Cl)cc(Cl)c1=O)Nc1ccccc1Br. The molecule has 4 nitrogen and oxygen atoms in total. The van der Waals surface area contributed by atoms with Crippen molar-refractivity contribution in [3.63, 3.8) is 0 Å². The lowest BCUT2D eigenvalue weighted by Crippen LogP contribution is -2.27. The van der Waals surface area contributed by atoms with E-state index in [0.717, 1.165) is 9.04 Å². The molecule has 1 N–H and O–H groups in total. The number of para-hydroxylation sites is 1. The van der Waals surface area contributed by atoms with Crippen molar-refractivity contribution in [2.75, 3.05) is 5.32 Å². The lowest BCUT2D eigenvalue weighted by atomic mass is 10.3. The van der Waals surface area contributed by atoms with Crippen molar-refractivity contribution < 1.29 is 4.79 Å². The van der Waals surface area contributed by atoms with Crippen LogP contribution in [0.2, 0.25) is 10.0 Å². The zero-order valence-electron chi connectivity index (χ0n) is 10.1. The zero-order valence-corrected chi connectivity index (χ0v) is 13.2. The quantitative estimate of drug-likeness (QED) is 0.891. The number of aromatic nitrogens is 1. The summed E-state index contributed by atoms with van der Waals surface area (Å²) in [6.45, 7) is -0.166. The van der Waals surface area contributed by atoms with Gasteiger partial charge in [-0.25, -0.2) is 0 Å². The van der Waals surface area contributed by atoms with Crippen molar-refractivity contribution in [1.82, 2.24) is 4.57 Å². The standard InChI is InChI=1S/C13H9BrCl2N2O2/c14-9-3-1-2-4-11(9)17-12(19)7-18-6-8(15)5-10(16)13(18)20/h1-6H,7H2,(H,17,19). The lowest BCUT2D eigenvalue weighted by molar-refractivity contribution is -0.116. The first-order valence-corrected chi connectivity index (χ1v) is 7.12. The first-order chi connectivity index (χ1) is 9.47. The molecule has 2 aromatic rings. The van der Waals surface area contributed by atoms with E-state index in [1.807, 2.05) is 6.07 Å². The smallest absolute Gasteiger partial charge is 0.269 e. The Bertz CT molecular complexity index is 716. The third kappa shape index (κ3) is 3.62. The highest BCUT2D eigenvalue weighted by Crippen LogP contribution is 2.21. The fraction of sp³-hybridized carbons (Fsp3) is 0.0769. The van der Waals surface area contributed by atoms with E-state index in [2.05, 4.69) is 21.2 Å². The number of carbonyl (C=O) groups excluding carboxylic acids is 1. The topological polar surface area (TPSA) is 51.1 Å². The molecule has 0 spiro atoms. The average Bonchev–Trinajstić information content (AvgIpc) is 2.38. The summed E-state index contributed by atoms with van der Waals surface area (Å²) >= 11 is 14.9. The predicted octanol–water partition coefficient (Wildman–Crippen LogP) is 3.56. The number of halogens is 3. The molecule has 0 saturated heterocycles. The number of nitrogens with one attached hydrogen (secondary N) is 1. The molecule has 0 radical (unpaired) electrons. The van der Waals surface area contributed by atoms with Gasteiger partial charge >= 0.3 is 0 Å². The van der Waals surface area contributed by atoms with Crippen LogP contribution in [-0.4, -0.2) is 10.5 Å². The summed E-state index contributed by atoms with van der Waals surface area (Å²) < 4.78 is 1.92. The van der Waals surface area contributed by atoms with Crippen LogP contribution < -0.4 is 10.9 Å². The van der Waals surface area contributed by atoms with E-state index in [0.29, 0.717) is 10.7 Å². The van der Waals surface area contributed by atoms with Crippen molar-refractivity contribution in [2.24, 2.45) is 0 Å². The number of amides is 1. The van der Waals surface area contributed by atoms with Crippen LogP contribution in [0.4, 0.5) is 5.69 Å². The normalized spacial score (nSPS) is 10.3. The van der Waals surface area contributed by atoms with Crippen LogP contribution in [0.15, 0.2) is 45.8 Å². The number of nitrogens with zero attached hydrogens (tertiary/aromatic N) is 1. The van der Waals surface area contributed by atoms with Crippen molar-refractivity contribution in [1.29, 1.82) is 0 Å². The summed E-state index contributed by atoms with van der Waals surface area (Å²) in [6.07, 6.45) is 1.37. The Hall–Kier alpha value is -1.30.